The molecule has 170 valence electrons. The van der Waals surface area contributed by atoms with E-state index < -0.39 is 0 Å². The Morgan fingerprint density at radius 3 is 2.39 bits per heavy atom. The highest BCUT2D eigenvalue weighted by atomic mass is 19.1. The van der Waals surface area contributed by atoms with Gasteiger partial charge in [0.1, 0.15) is 5.82 Å². The van der Waals surface area contributed by atoms with Crippen LogP contribution in [-0.4, -0.2) is 85.5 Å². The third kappa shape index (κ3) is 5.37. The molecule has 7 heteroatoms. The van der Waals surface area contributed by atoms with Gasteiger partial charge in [-0.15, -0.1) is 0 Å². The molecule has 31 heavy (non-hydrogen) atoms. The summed E-state index contributed by atoms with van der Waals surface area (Å²) in [4.78, 5) is 24.1. The van der Waals surface area contributed by atoms with E-state index in [0.717, 1.165) is 83.0 Å². The molecule has 2 heterocycles. The zero-order valence-electron chi connectivity index (χ0n) is 18.8. The smallest absolute Gasteiger partial charge is 0.236 e. The minimum atomic E-state index is -0.144. The van der Waals surface area contributed by atoms with Gasteiger partial charge >= 0.3 is 0 Å². The zero-order valence-corrected chi connectivity index (χ0v) is 18.8. The lowest BCUT2D eigenvalue weighted by Gasteiger charge is -2.37. The van der Waals surface area contributed by atoms with Crippen LogP contribution in [0.15, 0.2) is 29.3 Å². The van der Waals surface area contributed by atoms with Crippen LogP contribution in [0.25, 0.3) is 0 Å². The lowest BCUT2D eigenvalue weighted by atomic mass is 9.95. The fourth-order valence-electron chi connectivity index (χ4n) is 4.76. The van der Waals surface area contributed by atoms with E-state index in [1.807, 2.05) is 17.0 Å². The number of carbonyl (C=O) groups is 1. The van der Waals surface area contributed by atoms with Crippen LogP contribution < -0.4 is 5.32 Å². The molecule has 0 atom stereocenters. The normalized spacial score (nSPS) is 21.8. The van der Waals surface area contributed by atoms with Gasteiger partial charge in [-0.1, -0.05) is 18.2 Å². The highest BCUT2D eigenvalue weighted by molar-refractivity contribution is 5.80. The highest BCUT2D eigenvalue weighted by Gasteiger charge is 2.46. The van der Waals surface area contributed by atoms with Crippen molar-refractivity contribution in [1.29, 1.82) is 0 Å². The second-order valence-electron chi connectivity index (χ2n) is 9.13. The van der Waals surface area contributed by atoms with Crippen molar-refractivity contribution in [3.63, 3.8) is 0 Å². The van der Waals surface area contributed by atoms with Crippen molar-refractivity contribution in [2.75, 3.05) is 58.9 Å². The first-order chi connectivity index (χ1) is 15.1. The summed E-state index contributed by atoms with van der Waals surface area (Å²) in [5.41, 5.74) is 0.657. The van der Waals surface area contributed by atoms with E-state index in [4.69, 9.17) is 4.99 Å². The van der Waals surface area contributed by atoms with Gasteiger partial charge in [0.05, 0.1) is 13.1 Å². The number of nitrogens with one attached hydrogen (secondary N) is 1. The number of guanidine groups is 1. The SMILES string of the molecule is CCNC(=NCC1(c2ccccc2F)CC1)N1CCN(CC(=O)N2CCCCC2)CC1. The molecule has 0 spiro atoms. The number of hydrogen-bond acceptors (Lipinski definition) is 3. The molecule has 1 aromatic carbocycles. The number of benzene rings is 1. The number of aliphatic imine (C=N–C) groups is 1. The Morgan fingerprint density at radius 2 is 1.74 bits per heavy atom. The number of carbonyl (C=O) groups excluding carboxylic acids is 1. The van der Waals surface area contributed by atoms with Gasteiger partial charge in [0.15, 0.2) is 5.96 Å². The number of nitrogens with zero attached hydrogens (tertiary/aromatic N) is 4. The summed E-state index contributed by atoms with van der Waals surface area (Å²) < 4.78 is 14.3. The number of halogens is 1. The Balaban J connectivity index is 1.32. The predicted octanol–water partition coefficient (Wildman–Crippen LogP) is 2.45. The molecule has 1 aliphatic carbocycles. The van der Waals surface area contributed by atoms with Crippen molar-refractivity contribution in [3.8, 4) is 0 Å². The molecule has 1 aromatic rings. The van der Waals surface area contributed by atoms with Gasteiger partial charge in [-0.3, -0.25) is 14.7 Å². The van der Waals surface area contributed by atoms with Gasteiger partial charge in [0.2, 0.25) is 5.91 Å². The molecule has 3 aliphatic rings. The van der Waals surface area contributed by atoms with Crippen LogP contribution in [0.3, 0.4) is 0 Å². The monoisotopic (exact) mass is 429 g/mol. The minimum absolute atomic E-state index is 0.118. The van der Waals surface area contributed by atoms with Crippen LogP contribution in [0.1, 0.15) is 44.6 Å². The molecule has 0 bridgehead atoms. The summed E-state index contributed by atoms with van der Waals surface area (Å²) in [6.45, 7) is 9.29. The summed E-state index contributed by atoms with van der Waals surface area (Å²) in [7, 11) is 0. The third-order valence-electron chi connectivity index (χ3n) is 6.90. The summed E-state index contributed by atoms with van der Waals surface area (Å²) in [5, 5.41) is 3.41. The molecule has 4 rings (SSSR count). The predicted molar refractivity (Wildman–Crippen MR) is 122 cm³/mol. The van der Waals surface area contributed by atoms with Crippen molar-refractivity contribution in [1.82, 2.24) is 20.0 Å². The topological polar surface area (TPSA) is 51.2 Å². The van der Waals surface area contributed by atoms with Crippen molar-refractivity contribution >= 4 is 11.9 Å². The maximum atomic E-state index is 14.3. The highest BCUT2D eigenvalue weighted by Crippen LogP contribution is 2.49. The molecule has 1 saturated carbocycles. The van der Waals surface area contributed by atoms with E-state index in [9.17, 15) is 9.18 Å². The molecular weight excluding hydrogens is 393 g/mol. The Kier molecular flexibility index (Phi) is 7.10. The Hall–Kier alpha value is -2.15. The van der Waals surface area contributed by atoms with E-state index in [2.05, 4.69) is 22.0 Å². The molecule has 0 unspecified atom stereocenters. The Labute approximate surface area is 185 Å². The van der Waals surface area contributed by atoms with Crippen molar-refractivity contribution in [3.05, 3.63) is 35.6 Å². The zero-order chi connectivity index (χ0) is 21.7. The van der Waals surface area contributed by atoms with Crippen molar-refractivity contribution in [2.24, 2.45) is 4.99 Å². The fourth-order valence-corrected chi connectivity index (χ4v) is 4.76. The second kappa shape index (κ2) is 9.98. The number of amides is 1. The molecular formula is C24H36FN5O. The van der Waals surface area contributed by atoms with Gasteiger partial charge in [0.25, 0.3) is 0 Å². The molecule has 1 N–H and O–H groups in total. The number of piperazine rings is 1. The number of likely N-dealkylation sites (tertiary alicyclic amines) is 1. The lowest BCUT2D eigenvalue weighted by Crippen LogP contribution is -2.54. The average molecular weight is 430 g/mol. The molecule has 0 radical (unpaired) electrons. The minimum Gasteiger partial charge on any atom is -0.357 e. The first kappa shape index (κ1) is 22.1. The van der Waals surface area contributed by atoms with E-state index in [1.54, 1.807) is 12.1 Å². The first-order valence-corrected chi connectivity index (χ1v) is 11.9. The van der Waals surface area contributed by atoms with Gasteiger partial charge in [-0.2, -0.15) is 0 Å². The summed E-state index contributed by atoms with van der Waals surface area (Å²) in [6, 6.07) is 7.12. The van der Waals surface area contributed by atoms with Crippen LogP contribution >= 0.6 is 0 Å². The molecule has 6 nitrogen and oxygen atoms in total. The molecule has 3 fully saturated rings. The van der Waals surface area contributed by atoms with Crippen LogP contribution in [-0.2, 0) is 10.2 Å². The standard InChI is InChI=1S/C24H36FN5O/c1-2-26-23(27-19-24(10-11-24)20-8-4-5-9-21(20)25)30-16-14-28(15-17-30)18-22(31)29-12-6-3-7-13-29/h4-5,8-9H,2-3,6-7,10-19H2,1H3,(H,26,27). The fraction of sp³-hybridized carbons (Fsp3) is 0.667. The maximum absolute atomic E-state index is 14.3. The van der Waals surface area contributed by atoms with Crippen molar-refractivity contribution in [2.45, 2.75) is 44.4 Å². The van der Waals surface area contributed by atoms with E-state index in [0.29, 0.717) is 13.1 Å². The van der Waals surface area contributed by atoms with Crippen LogP contribution in [0.4, 0.5) is 4.39 Å². The van der Waals surface area contributed by atoms with Gasteiger partial charge in [0, 0.05) is 51.2 Å². The Bertz CT molecular complexity index is 780. The lowest BCUT2D eigenvalue weighted by molar-refractivity contribution is -0.133. The molecule has 0 aromatic heterocycles. The average Bonchev–Trinajstić information content (AvgIpc) is 3.59. The number of hydrogen-bond donors (Lipinski definition) is 1. The second-order valence-corrected chi connectivity index (χ2v) is 9.13. The first-order valence-electron chi connectivity index (χ1n) is 11.9. The van der Waals surface area contributed by atoms with Crippen LogP contribution in [0.5, 0.6) is 0 Å². The summed E-state index contributed by atoms with van der Waals surface area (Å²) >= 11 is 0. The van der Waals surface area contributed by atoms with Gasteiger partial charge in [-0.05, 0) is 50.7 Å². The quantitative estimate of drug-likeness (QED) is 0.558. The summed E-state index contributed by atoms with van der Waals surface area (Å²) in [6.07, 6.45) is 5.49. The maximum Gasteiger partial charge on any atom is 0.236 e. The van der Waals surface area contributed by atoms with Crippen LogP contribution in [0, 0.1) is 5.82 Å². The molecule has 2 saturated heterocycles. The number of rotatable bonds is 6. The van der Waals surface area contributed by atoms with E-state index in [-0.39, 0.29) is 17.1 Å². The van der Waals surface area contributed by atoms with Gasteiger partial charge in [-0.25, -0.2) is 4.39 Å². The molecule has 1 amide bonds. The van der Waals surface area contributed by atoms with Crippen LogP contribution in [0.2, 0.25) is 0 Å². The van der Waals surface area contributed by atoms with E-state index >= 15 is 0 Å². The Morgan fingerprint density at radius 1 is 1.03 bits per heavy atom. The molecule has 2 aliphatic heterocycles. The number of piperidine rings is 1. The third-order valence-corrected chi connectivity index (χ3v) is 6.90. The largest absolute Gasteiger partial charge is 0.357 e. The van der Waals surface area contributed by atoms with Gasteiger partial charge < -0.3 is 15.1 Å². The van der Waals surface area contributed by atoms with E-state index in [1.165, 1.54) is 6.42 Å². The van der Waals surface area contributed by atoms with Crippen molar-refractivity contribution < 1.29 is 9.18 Å². The summed E-state index contributed by atoms with van der Waals surface area (Å²) in [5.74, 6) is 1.06.